The van der Waals surface area contributed by atoms with Crippen molar-refractivity contribution >= 4 is 38.3 Å². The molecule has 4 atom stereocenters. The number of carbonyl (C=O) groups is 1. The van der Waals surface area contributed by atoms with Crippen LogP contribution >= 0.6 is 11.3 Å². The van der Waals surface area contributed by atoms with Crippen LogP contribution in [0.5, 0.6) is 5.75 Å². The molecular weight excluding hydrogens is 709 g/mol. The number of allylic oxidation sites excluding steroid dienone is 1. The average molecular weight is 741 g/mol. The largest absolute Gasteiger partial charge is 0.469 e. The van der Waals surface area contributed by atoms with E-state index in [0.29, 0.717) is 28.9 Å². The van der Waals surface area contributed by atoms with Crippen molar-refractivity contribution < 1.29 is 26.8 Å². The van der Waals surface area contributed by atoms with Crippen LogP contribution in [-0.4, -0.2) is 36.3 Å². The van der Waals surface area contributed by atoms with Gasteiger partial charge in [0.05, 0.1) is 17.9 Å². The third kappa shape index (κ3) is 4.24. The number of thiophene rings is 1. The number of anilines is 1. The van der Waals surface area contributed by atoms with Gasteiger partial charge in [-0.25, -0.2) is 18.4 Å². The first-order valence-electron chi connectivity index (χ1n) is 17.8. The van der Waals surface area contributed by atoms with Crippen LogP contribution in [-0.2, 0) is 32.9 Å². The van der Waals surface area contributed by atoms with Crippen LogP contribution in [0, 0.1) is 11.8 Å². The van der Waals surface area contributed by atoms with Crippen LogP contribution in [0.25, 0.3) is 28.3 Å². The quantitative estimate of drug-likeness (QED) is 0.191. The van der Waals surface area contributed by atoms with Gasteiger partial charge >= 0.3 is 0 Å². The smallest absolute Gasteiger partial charge is 0.249 e. The number of para-hydroxylation sites is 1. The standard InChI is InChI=1S/C41H32N4O6S2/c1-20(2)33-39-44-35-36(51-39)41-27-9-4-8-25(24-7-3-6-22-12-13-26(32(22)24)30-18-42-38(35)49-30)34(27)45-40(41)50-29-14-11-21(17-28(29)41)16-23(37(46)43-33)19-53(47,48)31-10-5-15-52-31/h3-11,13-15,17-18,20,23,33,40,45H,12,16,19H2,1-2H3,(H,43,46)/t23?,33-,40-,41?/m0/s1. The van der Waals surface area contributed by atoms with Crippen LogP contribution in [0.3, 0.4) is 0 Å². The number of hydrogen-bond acceptors (Lipinski definition) is 10. The van der Waals surface area contributed by atoms with Crippen molar-refractivity contribution in [2.75, 3.05) is 11.1 Å². The number of rotatable bonds is 4. The maximum absolute atomic E-state index is 14.3. The monoisotopic (exact) mass is 740 g/mol. The number of oxazole rings is 2. The predicted molar refractivity (Wildman–Crippen MR) is 198 cm³/mol. The minimum atomic E-state index is -3.76. The summed E-state index contributed by atoms with van der Waals surface area (Å²) in [7, 11) is -3.76. The first-order chi connectivity index (χ1) is 25.7. The van der Waals surface area contributed by atoms with E-state index in [1.165, 1.54) is 5.56 Å². The van der Waals surface area contributed by atoms with Crippen molar-refractivity contribution in [2.45, 2.75) is 48.6 Å². The first kappa shape index (κ1) is 31.1. The lowest BCUT2D eigenvalue weighted by atomic mass is 9.72. The highest BCUT2D eigenvalue weighted by Gasteiger charge is 2.61. The SMILES string of the molecule is CC(C)[C@@H]1NC(=O)C(CS(=O)(=O)c2cccs2)Cc2ccc3c(c2)C24c5cccc(c5N[C@H]2O3)-c2cccc3c2C(=CC3)c2cnc(o2)-c2nc1oc24. The Morgan fingerprint density at radius 1 is 1.00 bits per heavy atom. The normalized spacial score (nSPS) is 22.9. The predicted octanol–water partition coefficient (Wildman–Crippen LogP) is 7.30. The van der Waals surface area contributed by atoms with Crippen LogP contribution in [0.1, 0.15) is 65.1 Å². The minimum Gasteiger partial charge on any atom is -0.469 e. The Balaban J connectivity index is 1.21. The van der Waals surface area contributed by atoms with Gasteiger partial charge in [0.1, 0.15) is 21.4 Å². The summed E-state index contributed by atoms with van der Waals surface area (Å²) in [6, 6.07) is 21.2. The van der Waals surface area contributed by atoms with Gasteiger partial charge in [0, 0.05) is 28.0 Å². The molecule has 264 valence electrons. The van der Waals surface area contributed by atoms with E-state index < -0.39 is 39.3 Å². The molecule has 12 heteroatoms. The van der Waals surface area contributed by atoms with E-state index in [1.54, 1.807) is 23.7 Å². The number of ether oxygens (including phenoxy) is 1. The number of nitrogens with one attached hydrogen (secondary N) is 2. The fourth-order valence-corrected chi connectivity index (χ4v) is 11.6. The van der Waals surface area contributed by atoms with E-state index in [9.17, 15) is 13.2 Å². The highest BCUT2D eigenvalue weighted by Crippen LogP contribution is 2.61. The van der Waals surface area contributed by atoms with Gasteiger partial charge in [-0.1, -0.05) is 74.5 Å². The molecule has 3 aromatic heterocycles. The molecule has 7 heterocycles. The van der Waals surface area contributed by atoms with Crippen molar-refractivity contribution in [2.24, 2.45) is 11.8 Å². The highest BCUT2D eigenvalue weighted by molar-refractivity contribution is 7.93. The van der Waals surface area contributed by atoms with Crippen molar-refractivity contribution in [1.82, 2.24) is 15.3 Å². The number of amides is 1. The van der Waals surface area contributed by atoms with Crippen LogP contribution in [0.15, 0.2) is 97.4 Å². The number of hydrogen-bond donors (Lipinski definition) is 2. The van der Waals surface area contributed by atoms with Crippen LogP contribution in [0.2, 0.25) is 0 Å². The summed E-state index contributed by atoms with van der Waals surface area (Å²) < 4.78 is 48.1. The van der Waals surface area contributed by atoms with Crippen LogP contribution in [0.4, 0.5) is 5.69 Å². The summed E-state index contributed by atoms with van der Waals surface area (Å²) in [5.74, 6) is 0.552. The lowest BCUT2D eigenvalue weighted by Gasteiger charge is -2.28. The van der Waals surface area contributed by atoms with Crippen molar-refractivity contribution in [3.8, 4) is 28.5 Å². The van der Waals surface area contributed by atoms with Gasteiger partial charge in [-0.3, -0.25) is 4.79 Å². The lowest BCUT2D eigenvalue weighted by Crippen LogP contribution is -2.41. The third-order valence-electron chi connectivity index (χ3n) is 11.4. The summed E-state index contributed by atoms with van der Waals surface area (Å²) in [5.41, 5.74) is 8.27. The van der Waals surface area contributed by atoms with E-state index in [-0.39, 0.29) is 28.2 Å². The molecule has 0 saturated carbocycles. The van der Waals surface area contributed by atoms with Crippen molar-refractivity contribution in [3.63, 3.8) is 0 Å². The Morgan fingerprint density at radius 2 is 1.87 bits per heavy atom. The molecule has 53 heavy (non-hydrogen) atoms. The number of nitrogens with zero attached hydrogens (tertiary/aromatic N) is 2. The molecule has 0 saturated heterocycles. The van der Waals surface area contributed by atoms with Crippen molar-refractivity contribution in [3.05, 3.63) is 130 Å². The van der Waals surface area contributed by atoms with Crippen LogP contribution < -0.4 is 15.4 Å². The van der Waals surface area contributed by atoms with E-state index in [2.05, 4.69) is 53.1 Å². The molecule has 0 radical (unpaired) electrons. The fraction of sp³-hybridized carbons (Fsp3) is 0.244. The zero-order valence-electron chi connectivity index (χ0n) is 28.7. The Kier molecular flexibility index (Phi) is 6.34. The molecule has 0 fully saturated rings. The second-order valence-electron chi connectivity index (χ2n) is 14.8. The molecule has 10 bridgehead atoms. The third-order valence-corrected chi connectivity index (χ3v) is 14.7. The van der Waals surface area contributed by atoms with Gasteiger partial charge in [-0.15, -0.1) is 11.3 Å². The Bertz CT molecular complexity index is 2690. The molecule has 2 N–H and O–H groups in total. The number of sulfone groups is 1. The maximum atomic E-state index is 14.3. The summed E-state index contributed by atoms with van der Waals surface area (Å²) in [6.07, 6.45) is 4.27. The summed E-state index contributed by atoms with van der Waals surface area (Å²) >= 11 is 1.15. The van der Waals surface area contributed by atoms with E-state index in [0.717, 1.165) is 62.4 Å². The highest BCUT2D eigenvalue weighted by atomic mass is 32.2. The molecule has 2 unspecified atom stereocenters. The summed E-state index contributed by atoms with van der Waals surface area (Å²) in [4.78, 5) is 24.3. The van der Waals surface area contributed by atoms with Gasteiger partial charge in [-0.2, -0.15) is 0 Å². The maximum Gasteiger partial charge on any atom is 0.249 e. The molecule has 1 aliphatic carbocycles. The molecule has 10 nitrogen and oxygen atoms in total. The molecule has 3 aromatic carbocycles. The fourth-order valence-electron chi connectivity index (χ4n) is 8.98. The topological polar surface area (TPSA) is 137 Å². The molecule has 11 rings (SSSR count). The molecule has 1 spiro atoms. The van der Waals surface area contributed by atoms with Crippen molar-refractivity contribution in [1.29, 1.82) is 0 Å². The number of benzene rings is 3. The minimum absolute atomic E-state index is 0.170. The molecule has 1 amide bonds. The lowest BCUT2D eigenvalue weighted by molar-refractivity contribution is -0.125. The molecule has 5 aliphatic rings. The van der Waals surface area contributed by atoms with E-state index >= 15 is 0 Å². The number of fused-ring (bicyclic) bond motifs is 7. The average Bonchev–Trinajstić information content (AvgIpc) is 3.99. The second-order valence-corrected chi connectivity index (χ2v) is 18.0. The number of aromatic nitrogens is 2. The van der Waals surface area contributed by atoms with Gasteiger partial charge < -0.3 is 24.2 Å². The zero-order chi connectivity index (χ0) is 35.8. The second kappa shape index (κ2) is 10.8. The summed E-state index contributed by atoms with van der Waals surface area (Å²) in [6.45, 7) is 3.95. The Morgan fingerprint density at radius 3 is 2.72 bits per heavy atom. The molecule has 4 aliphatic heterocycles. The molecule has 6 aromatic rings. The van der Waals surface area contributed by atoms with Gasteiger partial charge in [0.2, 0.25) is 17.7 Å². The van der Waals surface area contributed by atoms with E-state index in [1.807, 2.05) is 32.0 Å². The Hall–Kier alpha value is -5.46. The Labute approximate surface area is 308 Å². The first-order valence-corrected chi connectivity index (χ1v) is 20.3. The zero-order valence-corrected chi connectivity index (χ0v) is 30.3. The van der Waals surface area contributed by atoms with E-state index in [4.69, 9.17) is 23.5 Å². The van der Waals surface area contributed by atoms with Gasteiger partial charge in [0.15, 0.2) is 33.3 Å². The summed E-state index contributed by atoms with van der Waals surface area (Å²) in [5, 5.41) is 8.68. The molecular formula is C41H32N4O6S2. The van der Waals surface area contributed by atoms with Gasteiger partial charge in [-0.05, 0) is 58.5 Å². The number of carbonyl (C=O) groups excluding carboxylic acids is 1. The van der Waals surface area contributed by atoms with Gasteiger partial charge in [0.25, 0.3) is 0 Å².